The molecule has 2 atom stereocenters. The molecular formula is C27H33N5O3. The third kappa shape index (κ3) is 4.75. The monoisotopic (exact) mass is 475 g/mol. The maximum atomic E-state index is 13.8. The van der Waals surface area contributed by atoms with Crippen LogP contribution in [0.2, 0.25) is 0 Å². The highest BCUT2D eigenvalue weighted by Crippen LogP contribution is 2.32. The maximum absolute atomic E-state index is 13.8. The summed E-state index contributed by atoms with van der Waals surface area (Å²) in [6, 6.07) is 18.8. The molecule has 0 bridgehead atoms. The number of hydrogen-bond acceptors (Lipinski definition) is 4. The number of fused-ring (bicyclic) bond motifs is 1. The number of carbonyl (C=O) groups is 3. The lowest BCUT2D eigenvalue weighted by molar-refractivity contribution is -0.189. The van der Waals surface area contributed by atoms with Crippen molar-refractivity contribution in [2.75, 3.05) is 20.1 Å². The Labute approximate surface area is 206 Å². The lowest BCUT2D eigenvalue weighted by atomic mass is 9.97. The topological polar surface area (TPSA) is 76.2 Å². The van der Waals surface area contributed by atoms with Gasteiger partial charge in [0, 0.05) is 26.1 Å². The quantitative estimate of drug-likeness (QED) is 0.721. The van der Waals surface area contributed by atoms with E-state index in [9.17, 15) is 14.4 Å². The van der Waals surface area contributed by atoms with Crippen molar-refractivity contribution in [2.45, 2.75) is 56.9 Å². The van der Waals surface area contributed by atoms with Crippen LogP contribution in [-0.2, 0) is 22.6 Å². The molecule has 1 N–H and O–H groups in total. The third-order valence-electron chi connectivity index (χ3n) is 7.42. The van der Waals surface area contributed by atoms with Gasteiger partial charge in [0.05, 0.1) is 13.1 Å². The van der Waals surface area contributed by atoms with Crippen LogP contribution in [0.15, 0.2) is 60.7 Å². The predicted molar refractivity (Wildman–Crippen MR) is 132 cm³/mol. The van der Waals surface area contributed by atoms with Gasteiger partial charge in [-0.1, -0.05) is 73.5 Å². The summed E-state index contributed by atoms with van der Waals surface area (Å²) < 4.78 is 0. The van der Waals surface area contributed by atoms with Crippen LogP contribution >= 0.6 is 0 Å². The number of rotatable bonds is 5. The van der Waals surface area contributed by atoms with Gasteiger partial charge in [0.2, 0.25) is 11.8 Å². The van der Waals surface area contributed by atoms with Crippen molar-refractivity contribution in [3.8, 4) is 0 Å². The highest BCUT2D eigenvalue weighted by atomic mass is 16.2. The van der Waals surface area contributed by atoms with Crippen LogP contribution in [0, 0.1) is 0 Å². The van der Waals surface area contributed by atoms with Gasteiger partial charge in [-0.05, 0) is 24.0 Å². The summed E-state index contributed by atoms with van der Waals surface area (Å²) in [6.07, 6.45) is 4.05. The fourth-order valence-corrected chi connectivity index (χ4v) is 5.70. The normalized spacial score (nSPS) is 23.5. The third-order valence-corrected chi connectivity index (χ3v) is 7.42. The van der Waals surface area contributed by atoms with Gasteiger partial charge in [0.25, 0.3) is 0 Å². The van der Waals surface area contributed by atoms with E-state index >= 15 is 0 Å². The van der Waals surface area contributed by atoms with Crippen molar-refractivity contribution >= 4 is 17.8 Å². The largest absolute Gasteiger partial charge is 0.334 e. The summed E-state index contributed by atoms with van der Waals surface area (Å²) in [4.78, 5) is 44.2. The lowest BCUT2D eigenvalue weighted by Gasteiger charge is -2.55. The van der Waals surface area contributed by atoms with Crippen LogP contribution in [0.3, 0.4) is 0 Å². The molecule has 35 heavy (non-hydrogen) atoms. The van der Waals surface area contributed by atoms with Gasteiger partial charge >= 0.3 is 6.03 Å². The molecule has 2 aromatic rings. The number of piperazine rings is 1. The summed E-state index contributed by atoms with van der Waals surface area (Å²) in [7, 11) is 1.76. The van der Waals surface area contributed by atoms with Crippen molar-refractivity contribution in [3.63, 3.8) is 0 Å². The van der Waals surface area contributed by atoms with E-state index in [-0.39, 0.29) is 30.4 Å². The predicted octanol–water partition coefficient (Wildman–Crippen LogP) is 2.61. The molecule has 0 aromatic heterocycles. The molecule has 1 aliphatic carbocycles. The molecule has 8 heteroatoms. The standard InChI is InChI=1S/C27H33N5O3/c1-29-19-25(33)31-23(16-20-10-4-2-5-11-20)26(34)30(22-14-8-9-15-22)18-24(31)32(29)27(35)28-17-21-12-6-3-7-13-21/h2-7,10-13,22-24H,8-9,14-19H2,1H3,(H,28,35)/t23-,24-/m0/s1. The smallest absolute Gasteiger partial charge is 0.334 e. The van der Waals surface area contributed by atoms with E-state index in [1.165, 1.54) is 0 Å². The van der Waals surface area contributed by atoms with Crippen LogP contribution in [0.5, 0.6) is 0 Å². The molecule has 8 nitrogen and oxygen atoms in total. The van der Waals surface area contributed by atoms with Crippen molar-refractivity contribution < 1.29 is 14.4 Å². The summed E-state index contributed by atoms with van der Waals surface area (Å²) in [5.74, 6) is -0.121. The van der Waals surface area contributed by atoms with Gasteiger partial charge < -0.3 is 15.1 Å². The number of benzene rings is 2. The first-order valence-corrected chi connectivity index (χ1v) is 12.5. The number of amides is 4. The number of likely N-dealkylation sites (N-methyl/N-ethyl adjacent to an activating group) is 1. The highest BCUT2D eigenvalue weighted by molar-refractivity contribution is 5.91. The number of urea groups is 1. The highest BCUT2D eigenvalue weighted by Gasteiger charge is 2.51. The number of nitrogens with one attached hydrogen (secondary N) is 1. The molecule has 2 saturated heterocycles. The Morgan fingerprint density at radius 2 is 1.57 bits per heavy atom. The summed E-state index contributed by atoms with van der Waals surface area (Å²) in [5.41, 5.74) is 2.01. The van der Waals surface area contributed by atoms with E-state index in [0.717, 1.165) is 36.8 Å². The van der Waals surface area contributed by atoms with Crippen molar-refractivity contribution in [1.82, 2.24) is 25.1 Å². The zero-order valence-corrected chi connectivity index (χ0v) is 20.2. The Bertz CT molecular complexity index is 1060. The number of hydrazine groups is 1. The van der Waals surface area contributed by atoms with E-state index in [4.69, 9.17) is 0 Å². The number of hydrogen-bond donors (Lipinski definition) is 1. The van der Waals surface area contributed by atoms with E-state index in [2.05, 4.69) is 5.32 Å². The summed E-state index contributed by atoms with van der Waals surface area (Å²) >= 11 is 0. The van der Waals surface area contributed by atoms with Gasteiger partial charge in [-0.15, -0.1) is 0 Å². The molecular weight excluding hydrogens is 442 g/mol. The Morgan fingerprint density at radius 1 is 0.943 bits per heavy atom. The second kappa shape index (κ2) is 10.1. The van der Waals surface area contributed by atoms with Gasteiger partial charge in [-0.25, -0.2) is 14.8 Å². The first kappa shape index (κ1) is 23.4. The van der Waals surface area contributed by atoms with Crippen molar-refractivity contribution in [3.05, 3.63) is 71.8 Å². The van der Waals surface area contributed by atoms with E-state index in [1.54, 1.807) is 22.0 Å². The molecule has 5 rings (SSSR count). The SMILES string of the molecule is CN1CC(=O)N2[C@@H](Cc3ccccc3)C(=O)N(C3CCCC3)C[C@@H]2N1C(=O)NCc1ccccc1. The van der Waals surface area contributed by atoms with E-state index < -0.39 is 12.2 Å². The van der Waals surface area contributed by atoms with Crippen molar-refractivity contribution in [2.24, 2.45) is 0 Å². The van der Waals surface area contributed by atoms with Crippen LogP contribution in [0.4, 0.5) is 4.79 Å². The first-order chi connectivity index (χ1) is 17.0. The van der Waals surface area contributed by atoms with Crippen LogP contribution in [0.25, 0.3) is 0 Å². The Kier molecular flexibility index (Phi) is 6.72. The molecule has 4 amide bonds. The minimum absolute atomic E-state index is 0.000417. The van der Waals surface area contributed by atoms with E-state index in [1.807, 2.05) is 65.6 Å². The molecule has 3 fully saturated rings. The summed E-state index contributed by atoms with van der Waals surface area (Å²) in [5, 5.41) is 6.33. The molecule has 1 saturated carbocycles. The zero-order chi connectivity index (χ0) is 24.4. The molecule has 0 spiro atoms. The average molecular weight is 476 g/mol. The molecule has 2 heterocycles. The fraction of sp³-hybridized carbons (Fsp3) is 0.444. The number of nitrogens with zero attached hydrogens (tertiary/aromatic N) is 4. The zero-order valence-electron chi connectivity index (χ0n) is 20.2. The maximum Gasteiger partial charge on any atom is 0.334 e. The van der Waals surface area contributed by atoms with Crippen LogP contribution in [-0.4, -0.2) is 76.0 Å². The molecule has 2 aromatic carbocycles. The molecule has 184 valence electrons. The minimum Gasteiger partial charge on any atom is -0.334 e. The second-order valence-electron chi connectivity index (χ2n) is 9.72. The fourth-order valence-electron chi connectivity index (χ4n) is 5.70. The molecule has 2 aliphatic heterocycles. The minimum atomic E-state index is -0.623. The second-order valence-corrected chi connectivity index (χ2v) is 9.72. The Morgan fingerprint density at radius 3 is 2.23 bits per heavy atom. The van der Waals surface area contributed by atoms with Crippen molar-refractivity contribution in [1.29, 1.82) is 0 Å². The summed E-state index contributed by atoms with van der Waals surface area (Å²) in [6.45, 7) is 0.782. The van der Waals surface area contributed by atoms with Gasteiger partial charge in [0.15, 0.2) is 0 Å². The van der Waals surface area contributed by atoms with Gasteiger partial charge in [0.1, 0.15) is 12.2 Å². The Balaban J connectivity index is 1.44. The Hall–Kier alpha value is -3.39. The van der Waals surface area contributed by atoms with Crippen LogP contribution in [0.1, 0.15) is 36.8 Å². The van der Waals surface area contributed by atoms with E-state index in [0.29, 0.717) is 19.5 Å². The van der Waals surface area contributed by atoms with Gasteiger partial charge in [-0.2, -0.15) is 0 Å². The molecule has 3 aliphatic rings. The number of carbonyl (C=O) groups excluding carboxylic acids is 3. The average Bonchev–Trinajstić information content (AvgIpc) is 3.40. The molecule has 0 radical (unpaired) electrons. The lowest BCUT2D eigenvalue weighted by Crippen LogP contribution is -2.76. The molecule has 0 unspecified atom stereocenters. The van der Waals surface area contributed by atoms with Gasteiger partial charge in [-0.3, -0.25) is 9.59 Å². The van der Waals surface area contributed by atoms with Crippen LogP contribution < -0.4 is 5.32 Å². The first-order valence-electron chi connectivity index (χ1n) is 12.5.